The highest BCUT2D eigenvalue weighted by Crippen LogP contribution is 2.27. The van der Waals surface area contributed by atoms with Crippen LogP contribution in [0.4, 0.5) is 11.4 Å². The summed E-state index contributed by atoms with van der Waals surface area (Å²) in [5.74, 6) is 2.89. The molecule has 1 aromatic carbocycles. The van der Waals surface area contributed by atoms with Crippen molar-refractivity contribution in [3.8, 4) is 12.3 Å². The largest absolute Gasteiger partial charge is 0.372 e. The molecule has 110 valence electrons. The van der Waals surface area contributed by atoms with Crippen LogP contribution in [-0.4, -0.2) is 25.5 Å². The van der Waals surface area contributed by atoms with Gasteiger partial charge in [-0.15, -0.1) is 12.3 Å². The Labute approximate surface area is 126 Å². The second-order valence-corrected chi connectivity index (χ2v) is 5.99. The lowest BCUT2D eigenvalue weighted by molar-refractivity contribution is -0.117. The molecular formula is C18H22N2O. The Hall–Kier alpha value is -1.95. The number of carbonyl (C=O) groups is 1. The normalized spacial score (nSPS) is 23.0. The summed E-state index contributed by atoms with van der Waals surface area (Å²) < 4.78 is 0. The van der Waals surface area contributed by atoms with Crippen molar-refractivity contribution >= 4 is 17.3 Å². The standard InChI is InChI=1S/C18H22N2O/c1-2-15-13-18(21)20(14-15)17-9-7-16(8-10-17)19-11-5-3-4-6-12-19/h1,7-10,15H,3-6,11-14H2. The lowest BCUT2D eigenvalue weighted by Crippen LogP contribution is -2.25. The summed E-state index contributed by atoms with van der Waals surface area (Å²) in [7, 11) is 0. The molecule has 0 aromatic heterocycles. The van der Waals surface area contributed by atoms with Gasteiger partial charge in [0.2, 0.25) is 5.91 Å². The lowest BCUT2D eigenvalue weighted by Gasteiger charge is -2.24. The van der Waals surface area contributed by atoms with E-state index >= 15 is 0 Å². The van der Waals surface area contributed by atoms with Crippen LogP contribution in [0, 0.1) is 18.3 Å². The topological polar surface area (TPSA) is 23.6 Å². The number of nitrogens with zero attached hydrogens (tertiary/aromatic N) is 2. The summed E-state index contributed by atoms with van der Waals surface area (Å²) in [6.45, 7) is 2.93. The first-order chi connectivity index (χ1) is 10.3. The van der Waals surface area contributed by atoms with Crippen molar-refractivity contribution in [2.45, 2.75) is 32.1 Å². The molecule has 0 bridgehead atoms. The Morgan fingerprint density at radius 2 is 1.62 bits per heavy atom. The van der Waals surface area contributed by atoms with Crippen molar-refractivity contribution < 1.29 is 4.79 Å². The predicted molar refractivity (Wildman–Crippen MR) is 86.4 cm³/mol. The molecule has 0 N–H and O–H groups in total. The zero-order valence-electron chi connectivity index (χ0n) is 12.4. The molecule has 2 aliphatic rings. The van der Waals surface area contributed by atoms with E-state index in [0.29, 0.717) is 13.0 Å². The average Bonchev–Trinajstić information content (AvgIpc) is 2.73. The number of rotatable bonds is 2. The summed E-state index contributed by atoms with van der Waals surface area (Å²) >= 11 is 0. The molecule has 0 saturated carbocycles. The van der Waals surface area contributed by atoms with Gasteiger partial charge in [-0.2, -0.15) is 0 Å². The second kappa shape index (κ2) is 6.22. The fourth-order valence-electron chi connectivity index (χ4n) is 3.24. The van der Waals surface area contributed by atoms with E-state index < -0.39 is 0 Å². The third kappa shape index (κ3) is 3.05. The maximum atomic E-state index is 12.0. The number of anilines is 2. The van der Waals surface area contributed by atoms with E-state index in [1.165, 1.54) is 31.4 Å². The van der Waals surface area contributed by atoms with E-state index in [-0.39, 0.29) is 11.8 Å². The molecule has 3 nitrogen and oxygen atoms in total. The van der Waals surface area contributed by atoms with Crippen LogP contribution in [0.15, 0.2) is 24.3 Å². The monoisotopic (exact) mass is 282 g/mol. The maximum Gasteiger partial charge on any atom is 0.228 e. The molecule has 3 rings (SSSR count). The van der Waals surface area contributed by atoms with Crippen LogP contribution in [0.2, 0.25) is 0 Å². The molecule has 1 amide bonds. The quantitative estimate of drug-likeness (QED) is 0.778. The molecule has 0 radical (unpaired) electrons. The van der Waals surface area contributed by atoms with Crippen LogP contribution in [-0.2, 0) is 4.79 Å². The van der Waals surface area contributed by atoms with E-state index in [4.69, 9.17) is 6.42 Å². The number of amides is 1. The summed E-state index contributed by atoms with van der Waals surface area (Å²) in [4.78, 5) is 16.3. The minimum absolute atomic E-state index is 0.0581. The smallest absolute Gasteiger partial charge is 0.228 e. The van der Waals surface area contributed by atoms with Gasteiger partial charge in [0.05, 0.1) is 0 Å². The Kier molecular flexibility index (Phi) is 4.15. The first-order valence-corrected chi connectivity index (χ1v) is 7.89. The zero-order valence-corrected chi connectivity index (χ0v) is 12.4. The predicted octanol–water partition coefficient (Wildman–Crippen LogP) is 3.05. The van der Waals surface area contributed by atoms with Crippen molar-refractivity contribution in [1.82, 2.24) is 0 Å². The molecule has 1 aromatic rings. The van der Waals surface area contributed by atoms with Crippen LogP contribution in [0.1, 0.15) is 32.1 Å². The average molecular weight is 282 g/mol. The van der Waals surface area contributed by atoms with Gasteiger partial charge < -0.3 is 9.80 Å². The molecule has 0 aliphatic carbocycles. The highest BCUT2D eigenvalue weighted by atomic mass is 16.2. The third-order valence-corrected chi connectivity index (χ3v) is 4.49. The maximum absolute atomic E-state index is 12.0. The van der Waals surface area contributed by atoms with Gasteiger partial charge in [0, 0.05) is 43.3 Å². The fourth-order valence-corrected chi connectivity index (χ4v) is 3.24. The number of terminal acetylenes is 1. The number of hydrogen-bond acceptors (Lipinski definition) is 2. The summed E-state index contributed by atoms with van der Waals surface area (Å²) in [5, 5.41) is 0. The van der Waals surface area contributed by atoms with E-state index in [1.807, 2.05) is 4.90 Å². The highest BCUT2D eigenvalue weighted by molar-refractivity contribution is 5.96. The van der Waals surface area contributed by atoms with E-state index in [9.17, 15) is 4.79 Å². The molecule has 2 aliphatic heterocycles. The molecule has 2 heterocycles. The van der Waals surface area contributed by atoms with Crippen molar-refractivity contribution in [3.05, 3.63) is 24.3 Å². The number of carbonyl (C=O) groups excluding carboxylic acids is 1. The summed E-state index contributed by atoms with van der Waals surface area (Å²) in [6.07, 6.45) is 11.1. The van der Waals surface area contributed by atoms with Gasteiger partial charge in [-0.25, -0.2) is 0 Å². The van der Waals surface area contributed by atoms with Gasteiger partial charge in [0.25, 0.3) is 0 Å². The van der Waals surface area contributed by atoms with Crippen molar-refractivity contribution in [1.29, 1.82) is 0 Å². The first-order valence-electron chi connectivity index (χ1n) is 7.89. The minimum Gasteiger partial charge on any atom is -0.372 e. The molecule has 2 fully saturated rings. The van der Waals surface area contributed by atoms with Gasteiger partial charge in [-0.05, 0) is 37.1 Å². The number of benzene rings is 1. The SMILES string of the molecule is C#CC1CC(=O)N(c2ccc(N3CCCCCC3)cc2)C1. The van der Waals surface area contributed by atoms with Gasteiger partial charge in [-0.1, -0.05) is 12.8 Å². The molecule has 1 atom stereocenters. The van der Waals surface area contributed by atoms with Gasteiger partial charge in [0.15, 0.2) is 0 Å². The zero-order chi connectivity index (χ0) is 14.7. The highest BCUT2D eigenvalue weighted by Gasteiger charge is 2.29. The Morgan fingerprint density at radius 3 is 2.19 bits per heavy atom. The van der Waals surface area contributed by atoms with Crippen LogP contribution >= 0.6 is 0 Å². The van der Waals surface area contributed by atoms with Gasteiger partial charge >= 0.3 is 0 Å². The number of hydrogen-bond donors (Lipinski definition) is 0. The fraction of sp³-hybridized carbons (Fsp3) is 0.500. The molecule has 2 saturated heterocycles. The van der Waals surface area contributed by atoms with Crippen LogP contribution < -0.4 is 9.80 Å². The molecule has 1 unspecified atom stereocenters. The summed E-state index contributed by atoms with van der Waals surface area (Å²) in [6, 6.07) is 8.38. The lowest BCUT2D eigenvalue weighted by atomic mass is 10.1. The molecule has 3 heteroatoms. The van der Waals surface area contributed by atoms with E-state index in [0.717, 1.165) is 18.8 Å². The van der Waals surface area contributed by atoms with Crippen LogP contribution in [0.25, 0.3) is 0 Å². The van der Waals surface area contributed by atoms with Crippen molar-refractivity contribution in [2.75, 3.05) is 29.4 Å². The van der Waals surface area contributed by atoms with E-state index in [1.54, 1.807) is 0 Å². The minimum atomic E-state index is 0.0581. The Bertz CT molecular complexity index is 535. The molecule has 21 heavy (non-hydrogen) atoms. The first kappa shape index (κ1) is 14.0. The Morgan fingerprint density at radius 1 is 1.00 bits per heavy atom. The van der Waals surface area contributed by atoms with Gasteiger partial charge in [0.1, 0.15) is 0 Å². The molecular weight excluding hydrogens is 260 g/mol. The van der Waals surface area contributed by atoms with Crippen LogP contribution in [0.5, 0.6) is 0 Å². The van der Waals surface area contributed by atoms with Crippen LogP contribution in [0.3, 0.4) is 0 Å². The summed E-state index contributed by atoms with van der Waals surface area (Å²) in [5.41, 5.74) is 2.23. The van der Waals surface area contributed by atoms with Gasteiger partial charge in [-0.3, -0.25) is 4.79 Å². The third-order valence-electron chi connectivity index (χ3n) is 4.49. The Balaban J connectivity index is 1.72. The van der Waals surface area contributed by atoms with Crippen molar-refractivity contribution in [2.24, 2.45) is 5.92 Å². The van der Waals surface area contributed by atoms with E-state index in [2.05, 4.69) is 35.1 Å². The molecule has 0 spiro atoms. The van der Waals surface area contributed by atoms with Crippen molar-refractivity contribution in [3.63, 3.8) is 0 Å². The second-order valence-electron chi connectivity index (χ2n) is 5.99.